The summed E-state index contributed by atoms with van der Waals surface area (Å²) in [5.74, 6) is -0.465. The molecule has 2 heterocycles. The Morgan fingerprint density at radius 1 is 1.71 bits per heavy atom. The lowest BCUT2D eigenvalue weighted by atomic mass is 10.2. The summed E-state index contributed by atoms with van der Waals surface area (Å²) in [6.45, 7) is 3.85. The van der Waals surface area contributed by atoms with E-state index < -0.39 is 5.97 Å². The van der Waals surface area contributed by atoms with E-state index in [1.807, 2.05) is 0 Å². The maximum Gasteiger partial charge on any atom is 0.360 e. The van der Waals surface area contributed by atoms with Crippen LogP contribution >= 0.6 is 0 Å². The van der Waals surface area contributed by atoms with Crippen LogP contribution in [0.5, 0.6) is 0 Å². The molecule has 0 radical (unpaired) electrons. The molecule has 1 N–H and O–H groups in total. The van der Waals surface area contributed by atoms with Crippen LogP contribution in [0, 0.1) is 0 Å². The molecule has 1 aromatic heterocycles. The maximum atomic E-state index is 11.7. The Morgan fingerprint density at radius 2 is 2.47 bits per heavy atom. The smallest absolute Gasteiger partial charge is 0.360 e. The largest absolute Gasteiger partial charge is 0.455 e. The number of nitrogens with one attached hydrogen (secondary N) is 1. The summed E-state index contributed by atoms with van der Waals surface area (Å²) < 4.78 is 11.7. The first kappa shape index (κ1) is 12.0. The Bertz CT molecular complexity index is 389. The predicted molar refractivity (Wildman–Crippen MR) is 58.7 cm³/mol. The van der Waals surface area contributed by atoms with Crippen LogP contribution in [0.4, 0.5) is 0 Å². The van der Waals surface area contributed by atoms with Crippen molar-refractivity contribution in [2.75, 3.05) is 26.8 Å². The molecule has 0 bridgehead atoms. The molecule has 0 amide bonds. The van der Waals surface area contributed by atoms with Crippen LogP contribution in [0.25, 0.3) is 0 Å². The van der Waals surface area contributed by atoms with Gasteiger partial charge in [-0.2, -0.15) is 0 Å². The van der Waals surface area contributed by atoms with Crippen LogP contribution in [-0.2, 0) is 9.47 Å². The van der Waals surface area contributed by atoms with Crippen LogP contribution in [0.15, 0.2) is 6.20 Å². The molecule has 2 rings (SSSR count). The van der Waals surface area contributed by atoms with Gasteiger partial charge in [0, 0.05) is 20.2 Å². The highest BCUT2D eigenvalue weighted by Gasteiger charge is 2.22. The van der Waals surface area contributed by atoms with Gasteiger partial charge in [-0.15, -0.1) is 5.10 Å². The molecule has 0 aliphatic carbocycles. The molecule has 1 aliphatic rings. The van der Waals surface area contributed by atoms with E-state index in [4.69, 9.17) is 9.47 Å². The molecule has 1 unspecified atom stereocenters. The number of hydrogen-bond acceptors (Lipinski definition) is 6. The highest BCUT2D eigenvalue weighted by Crippen LogP contribution is 2.10. The fourth-order valence-corrected chi connectivity index (χ4v) is 1.52. The number of rotatable bonds is 5. The van der Waals surface area contributed by atoms with E-state index in [1.165, 1.54) is 0 Å². The fourth-order valence-electron chi connectivity index (χ4n) is 1.52. The Labute approximate surface area is 99.1 Å². The summed E-state index contributed by atoms with van der Waals surface area (Å²) in [5.41, 5.74) is 0.236. The molecule has 0 spiro atoms. The van der Waals surface area contributed by atoms with Crippen LogP contribution in [-0.4, -0.2) is 53.9 Å². The number of hydrogen-bond donors (Lipinski definition) is 1. The van der Waals surface area contributed by atoms with Crippen molar-refractivity contribution in [2.24, 2.45) is 0 Å². The summed E-state index contributed by atoms with van der Waals surface area (Å²) in [7, 11) is 1.56. The first-order chi connectivity index (χ1) is 8.20. The Morgan fingerprint density at radius 3 is 3.06 bits per heavy atom. The predicted octanol–water partition coefficient (Wildman–Crippen LogP) is -0.386. The van der Waals surface area contributed by atoms with Crippen molar-refractivity contribution in [2.45, 2.75) is 19.1 Å². The first-order valence-electron chi connectivity index (χ1n) is 5.53. The van der Waals surface area contributed by atoms with E-state index in [9.17, 15) is 4.79 Å². The van der Waals surface area contributed by atoms with Gasteiger partial charge in [0.15, 0.2) is 5.69 Å². The Balaban J connectivity index is 1.92. The molecule has 7 nitrogen and oxygen atoms in total. The van der Waals surface area contributed by atoms with Crippen molar-refractivity contribution in [1.29, 1.82) is 0 Å². The second kappa shape index (κ2) is 5.24. The molecule has 17 heavy (non-hydrogen) atoms. The topological polar surface area (TPSA) is 78.3 Å². The number of carbonyl (C=O) groups is 1. The molecular formula is C10H16N4O3. The number of nitrogens with zero attached hydrogens (tertiary/aromatic N) is 3. The zero-order chi connectivity index (χ0) is 12.3. The number of aromatic nitrogens is 3. The van der Waals surface area contributed by atoms with E-state index >= 15 is 0 Å². The number of carbonyl (C=O) groups excluding carboxylic acids is 1. The van der Waals surface area contributed by atoms with E-state index in [-0.39, 0.29) is 11.8 Å². The van der Waals surface area contributed by atoms with Gasteiger partial charge in [-0.05, 0) is 6.92 Å². The van der Waals surface area contributed by atoms with Gasteiger partial charge < -0.3 is 14.8 Å². The second-order valence-corrected chi connectivity index (χ2v) is 4.07. The molecule has 1 saturated heterocycles. The van der Waals surface area contributed by atoms with Gasteiger partial charge >= 0.3 is 5.97 Å². The van der Waals surface area contributed by atoms with Crippen LogP contribution in [0.1, 0.15) is 23.5 Å². The minimum Gasteiger partial charge on any atom is -0.455 e. The van der Waals surface area contributed by atoms with Gasteiger partial charge in [0.2, 0.25) is 0 Å². The Kier molecular flexibility index (Phi) is 3.70. The third kappa shape index (κ3) is 2.80. The summed E-state index contributed by atoms with van der Waals surface area (Å²) in [5, 5.41) is 10.8. The standard InChI is InChI=1S/C10H16N4O3/c1-7(6-16-2)17-10(15)9-5-14(13-12-9)8-3-11-4-8/h5,7-8,11H,3-4,6H2,1-2H3. The number of methoxy groups -OCH3 is 1. The number of esters is 1. The van der Waals surface area contributed by atoms with E-state index in [0.717, 1.165) is 13.1 Å². The van der Waals surface area contributed by atoms with E-state index in [0.29, 0.717) is 12.6 Å². The van der Waals surface area contributed by atoms with E-state index in [2.05, 4.69) is 15.6 Å². The quantitative estimate of drug-likeness (QED) is 0.706. The minimum absolute atomic E-state index is 0.236. The lowest BCUT2D eigenvalue weighted by molar-refractivity contribution is 0.0114. The van der Waals surface area contributed by atoms with Crippen molar-refractivity contribution in [3.8, 4) is 0 Å². The average Bonchev–Trinajstić information content (AvgIpc) is 2.64. The third-order valence-corrected chi connectivity index (χ3v) is 2.56. The zero-order valence-electron chi connectivity index (χ0n) is 9.92. The van der Waals surface area contributed by atoms with Crippen LogP contribution in [0.3, 0.4) is 0 Å². The van der Waals surface area contributed by atoms with Gasteiger partial charge in [0.25, 0.3) is 0 Å². The van der Waals surface area contributed by atoms with Crippen LogP contribution < -0.4 is 5.32 Å². The molecule has 0 saturated carbocycles. The highest BCUT2D eigenvalue weighted by molar-refractivity contribution is 5.86. The van der Waals surface area contributed by atoms with Crippen LogP contribution in [0.2, 0.25) is 0 Å². The first-order valence-corrected chi connectivity index (χ1v) is 5.53. The maximum absolute atomic E-state index is 11.7. The van der Waals surface area contributed by atoms with E-state index in [1.54, 1.807) is 24.9 Å². The number of ether oxygens (including phenoxy) is 2. The monoisotopic (exact) mass is 240 g/mol. The minimum atomic E-state index is -0.465. The van der Waals surface area contributed by atoms with Crippen molar-refractivity contribution < 1.29 is 14.3 Å². The van der Waals surface area contributed by atoms with Crippen molar-refractivity contribution in [3.63, 3.8) is 0 Å². The molecular weight excluding hydrogens is 224 g/mol. The summed E-state index contributed by atoms with van der Waals surface area (Å²) >= 11 is 0. The molecule has 1 aromatic rings. The normalized spacial score (nSPS) is 17.5. The second-order valence-electron chi connectivity index (χ2n) is 4.07. The fraction of sp³-hybridized carbons (Fsp3) is 0.700. The lowest BCUT2D eigenvalue weighted by Gasteiger charge is -2.26. The van der Waals surface area contributed by atoms with Gasteiger partial charge in [-0.3, -0.25) is 0 Å². The van der Waals surface area contributed by atoms with Crippen molar-refractivity contribution in [3.05, 3.63) is 11.9 Å². The SMILES string of the molecule is COCC(C)OC(=O)c1cn(C2CNC2)nn1. The van der Waals surface area contributed by atoms with Gasteiger partial charge in [-0.1, -0.05) is 5.21 Å². The average molecular weight is 240 g/mol. The Hall–Kier alpha value is -1.47. The highest BCUT2D eigenvalue weighted by atomic mass is 16.6. The van der Waals surface area contributed by atoms with Gasteiger partial charge in [0.05, 0.1) is 18.8 Å². The lowest BCUT2D eigenvalue weighted by Crippen LogP contribution is -2.43. The molecule has 0 aromatic carbocycles. The van der Waals surface area contributed by atoms with Crippen molar-refractivity contribution >= 4 is 5.97 Å². The summed E-state index contributed by atoms with van der Waals surface area (Å²) in [6, 6.07) is 0.292. The molecule has 7 heteroatoms. The molecule has 1 atom stereocenters. The molecule has 1 fully saturated rings. The van der Waals surface area contributed by atoms with Gasteiger partial charge in [-0.25, -0.2) is 9.48 Å². The molecule has 1 aliphatic heterocycles. The summed E-state index contributed by atoms with van der Waals surface area (Å²) in [4.78, 5) is 11.7. The zero-order valence-corrected chi connectivity index (χ0v) is 9.92. The summed E-state index contributed by atoms with van der Waals surface area (Å²) in [6.07, 6.45) is 1.33. The third-order valence-electron chi connectivity index (χ3n) is 2.56. The van der Waals surface area contributed by atoms with Gasteiger partial charge in [0.1, 0.15) is 6.10 Å². The molecule has 94 valence electrons. The van der Waals surface area contributed by atoms with Crippen molar-refractivity contribution in [1.82, 2.24) is 20.3 Å².